The molecule has 2 aromatic rings. The Morgan fingerprint density at radius 2 is 1.95 bits per heavy atom. The second-order valence-corrected chi connectivity index (χ2v) is 6.12. The van der Waals surface area contributed by atoms with Crippen molar-refractivity contribution in [2.24, 2.45) is 0 Å². The van der Waals surface area contributed by atoms with Gasteiger partial charge in [-0.05, 0) is 57.2 Å². The fraction of sp³-hybridized carbons (Fsp3) is 0.294. The monoisotopic (exact) mass is 330 g/mol. The molecule has 2 N–H and O–H groups in total. The van der Waals surface area contributed by atoms with E-state index in [1.807, 2.05) is 0 Å². The molecule has 0 saturated heterocycles. The molecule has 3 heteroatoms. The number of nitrogen functional groups attached to an aromatic ring is 1. The molecule has 0 saturated carbocycles. The SMILES string of the molecule is CCN1CCc2c(-c3ccccc3)cc(Br)c(N)c2C1. The molecule has 0 unspecified atom stereocenters. The minimum atomic E-state index is 0.901. The lowest BCUT2D eigenvalue weighted by Crippen LogP contribution is -2.31. The van der Waals surface area contributed by atoms with E-state index in [0.717, 1.165) is 36.2 Å². The smallest absolute Gasteiger partial charge is 0.0507 e. The lowest BCUT2D eigenvalue weighted by atomic mass is 9.89. The third-order valence-electron chi connectivity index (χ3n) is 4.13. The number of anilines is 1. The highest BCUT2D eigenvalue weighted by molar-refractivity contribution is 9.10. The van der Waals surface area contributed by atoms with Crippen LogP contribution in [0.1, 0.15) is 18.1 Å². The Balaban J connectivity index is 2.16. The average Bonchev–Trinajstić information content (AvgIpc) is 2.51. The summed E-state index contributed by atoms with van der Waals surface area (Å²) >= 11 is 3.62. The van der Waals surface area contributed by atoms with E-state index in [4.69, 9.17) is 5.73 Å². The largest absolute Gasteiger partial charge is 0.398 e. The summed E-state index contributed by atoms with van der Waals surface area (Å²) in [5.41, 5.74) is 12.5. The van der Waals surface area contributed by atoms with Crippen molar-refractivity contribution in [3.8, 4) is 11.1 Å². The van der Waals surface area contributed by atoms with Crippen LogP contribution >= 0.6 is 15.9 Å². The lowest BCUT2D eigenvalue weighted by molar-refractivity contribution is 0.269. The van der Waals surface area contributed by atoms with Crippen molar-refractivity contribution in [1.29, 1.82) is 0 Å². The first kappa shape index (κ1) is 13.7. The van der Waals surface area contributed by atoms with Gasteiger partial charge in [0.05, 0.1) is 5.69 Å². The Morgan fingerprint density at radius 1 is 1.20 bits per heavy atom. The molecule has 1 aliphatic heterocycles. The third kappa shape index (κ3) is 2.36. The number of nitrogens with two attached hydrogens (primary N) is 1. The molecule has 0 fully saturated rings. The van der Waals surface area contributed by atoms with Gasteiger partial charge < -0.3 is 5.73 Å². The second-order valence-electron chi connectivity index (χ2n) is 5.26. The molecule has 1 heterocycles. The number of hydrogen-bond donors (Lipinski definition) is 1. The summed E-state index contributed by atoms with van der Waals surface area (Å²) in [4.78, 5) is 2.44. The molecular weight excluding hydrogens is 312 g/mol. The highest BCUT2D eigenvalue weighted by Crippen LogP contribution is 2.38. The molecule has 0 amide bonds. The summed E-state index contributed by atoms with van der Waals surface area (Å²) in [7, 11) is 0. The number of rotatable bonds is 2. The van der Waals surface area contributed by atoms with Crippen LogP contribution < -0.4 is 5.73 Å². The quantitative estimate of drug-likeness (QED) is 0.841. The molecule has 1 aliphatic rings. The van der Waals surface area contributed by atoms with Gasteiger partial charge in [-0.25, -0.2) is 0 Å². The van der Waals surface area contributed by atoms with Crippen molar-refractivity contribution in [3.05, 3.63) is 52.0 Å². The molecular formula is C17H19BrN2. The first-order chi connectivity index (χ1) is 9.70. The Kier molecular flexibility index (Phi) is 3.81. The van der Waals surface area contributed by atoms with E-state index in [2.05, 4.69) is 64.2 Å². The van der Waals surface area contributed by atoms with Gasteiger partial charge in [-0.1, -0.05) is 37.3 Å². The zero-order valence-corrected chi connectivity index (χ0v) is 13.3. The second kappa shape index (κ2) is 5.58. The molecule has 0 atom stereocenters. The van der Waals surface area contributed by atoms with E-state index in [1.165, 1.54) is 22.3 Å². The number of hydrogen-bond acceptors (Lipinski definition) is 2. The van der Waals surface area contributed by atoms with Crippen molar-refractivity contribution in [3.63, 3.8) is 0 Å². The van der Waals surface area contributed by atoms with Gasteiger partial charge in [0.15, 0.2) is 0 Å². The van der Waals surface area contributed by atoms with Crippen LogP contribution in [0, 0.1) is 0 Å². The van der Waals surface area contributed by atoms with Crippen LogP contribution in [0.3, 0.4) is 0 Å². The summed E-state index contributed by atoms with van der Waals surface area (Å²) in [6.07, 6.45) is 1.07. The number of nitrogens with zero attached hydrogens (tertiary/aromatic N) is 1. The minimum Gasteiger partial charge on any atom is -0.398 e. The number of benzene rings is 2. The minimum absolute atomic E-state index is 0.901. The van der Waals surface area contributed by atoms with Crippen LogP contribution in [0.15, 0.2) is 40.9 Å². The van der Waals surface area contributed by atoms with Gasteiger partial charge in [0, 0.05) is 17.6 Å². The van der Waals surface area contributed by atoms with E-state index >= 15 is 0 Å². The van der Waals surface area contributed by atoms with E-state index in [-0.39, 0.29) is 0 Å². The highest BCUT2D eigenvalue weighted by Gasteiger charge is 2.22. The molecule has 20 heavy (non-hydrogen) atoms. The maximum atomic E-state index is 6.29. The summed E-state index contributed by atoms with van der Waals surface area (Å²) < 4.78 is 1.01. The van der Waals surface area contributed by atoms with Crippen molar-refractivity contribution < 1.29 is 0 Å². The van der Waals surface area contributed by atoms with Crippen molar-refractivity contribution >= 4 is 21.6 Å². The zero-order valence-electron chi connectivity index (χ0n) is 11.7. The van der Waals surface area contributed by atoms with Crippen LogP contribution in [0.2, 0.25) is 0 Å². The highest BCUT2D eigenvalue weighted by atomic mass is 79.9. The van der Waals surface area contributed by atoms with Gasteiger partial charge >= 0.3 is 0 Å². The summed E-state index contributed by atoms with van der Waals surface area (Å²) in [5.74, 6) is 0. The maximum absolute atomic E-state index is 6.29. The predicted molar refractivity (Wildman–Crippen MR) is 88.6 cm³/mol. The van der Waals surface area contributed by atoms with E-state index in [9.17, 15) is 0 Å². The first-order valence-corrected chi connectivity index (χ1v) is 7.87. The topological polar surface area (TPSA) is 29.3 Å². The molecule has 104 valence electrons. The Labute approximate surface area is 128 Å². The molecule has 0 bridgehead atoms. The number of halogens is 1. The molecule has 2 aromatic carbocycles. The molecule has 0 aromatic heterocycles. The Morgan fingerprint density at radius 3 is 2.65 bits per heavy atom. The van der Waals surface area contributed by atoms with E-state index in [1.54, 1.807) is 0 Å². The van der Waals surface area contributed by atoms with Gasteiger partial charge in [-0.15, -0.1) is 0 Å². The summed E-state index contributed by atoms with van der Waals surface area (Å²) in [5, 5.41) is 0. The van der Waals surface area contributed by atoms with E-state index < -0.39 is 0 Å². The molecule has 0 radical (unpaired) electrons. The van der Waals surface area contributed by atoms with Crippen LogP contribution in [0.5, 0.6) is 0 Å². The Bertz CT molecular complexity index is 623. The van der Waals surface area contributed by atoms with E-state index in [0.29, 0.717) is 0 Å². The first-order valence-electron chi connectivity index (χ1n) is 7.08. The Hall–Kier alpha value is -1.32. The van der Waals surface area contributed by atoms with Crippen LogP contribution in [0.25, 0.3) is 11.1 Å². The van der Waals surface area contributed by atoms with Gasteiger partial charge in [0.2, 0.25) is 0 Å². The zero-order chi connectivity index (χ0) is 14.1. The summed E-state index contributed by atoms with van der Waals surface area (Å²) in [6, 6.07) is 12.8. The van der Waals surface area contributed by atoms with Crippen LogP contribution in [-0.2, 0) is 13.0 Å². The average molecular weight is 331 g/mol. The van der Waals surface area contributed by atoms with Crippen molar-refractivity contribution in [1.82, 2.24) is 4.90 Å². The fourth-order valence-electron chi connectivity index (χ4n) is 2.94. The van der Waals surface area contributed by atoms with Crippen molar-refractivity contribution in [2.75, 3.05) is 18.8 Å². The number of likely N-dealkylation sites (N-methyl/N-ethyl adjacent to an activating group) is 1. The van der Waals surface area contributed by atoms with Crippen LogP contribution in [-0.4, -0.2) is 18.0 Å². The number of fused-ring (bicyclic) bond motifs is 1. The van der Waals surface area contributed by atoms with Gasteiger partial charge in [-0.2, -0.15) is 0 Å². The normalized spacial score (nSPS) is 15.1. The molecule has 3 rings (SSSR count). The fourth-order valence-corrected chi connectivity index (χ4v) is 3.41. The van der Waals surface area contributed by atoms with Gasteiger partial charge in [-0.3, -0.25) is 4.90 Å². The third-order valence-corrected chi connectivity index (χ3v) is 4.79. The molecule has 2 nitrogen and oxygen atoms in total. The van der Waals surface area contributed by atoms with Crippen molar-refractivity contribution in [2.45, 2.75) is 19.9 Å². The standard InChI is InChI=1S/C17H19BrN2/c1-2-20-9-8-13-14(12-6-4-3-5-7-12)10-16(18)17(19)15(13)11-20/h3-7,10H,2,8-9,11,19H2,1H3. The van der Waals surface area contributed by atoms with Crippen LogP contribution in [0.4, 0.5) is 5.69 Å². The van der Waals surface area contributed by atoms with Gasteiger partial charge in [0.25, 0.3) is 0 Å². The maximum Gasteiger partial charge on any atom is 0.0507 e. The predicted octanol–water partition coefficient (Wildman–Crippen LogP) is 4.08. The lowest BCUT2D eigenvalue weighted by Gasteiger charge is -2.30. The molecule has 0 spiro atoms. The molecule has 0 aliphatic carbocycles. The van der Waals surface area contributed by atoms with Gasteiger partial charge in [0.1, 0.15) is 0 Å². The summed E-state index contributed by atoms with van der Waals surface area (Å²) in [6.45, 7) is 5.35.